The molecule has 1 aliphatic rings. The van der Waals surface area contributed by atoms with Crippen molar-refractivity contribution < 1.29 is 24.1 Å². The van der Waals surface area contributed by atoms with Crippen molar-refractivity contribution in [2.24, 2.45) is 0 Å². The topological polar surface area (TPSA) is 68.2 Å². The molecule has 21 heavy (non-hydrogen) atoms. The number of phenols is 1. The van der Waals surface area contributed by atoms with Crippen LogP contribution in [0.2, 0.25) is 0 Å². The van der Waals surface area contributed by atoms with Crippen molar-refractivity contribution in [2.75, 3.05) is 46.6 Å². The Bertz CT molecular complexity index is 471. The molecule has 0 unspecified atom stereocenters. The predicted octanol–water partition coefficient (Wildman–Crippen LogP) is 1.28. The van der Waals surface area contributed by atoms with Crippen molar-refractivity contribution in [3.8, 4) is 11.5 Å². The molecule has 1 saturated heterocycles. The van der Waals surface area contributed by atoms with Gasteiger partial charge in [0.1, 0.15) is 0 Å². The average molecular weight is 295 g/mol. The van der Waals surface area contributed by atoms with E-state index in [1.807, 2.05) is 0 Å². The fraction of sp³-hybridized carbons (Fsp3) is 0.533. The van der Waals surface area contributed by atoms with E-state index in [-0.39, 0.29) is 5.75 Å². The summed E-state index contributed by atoms with van der Waals surface area (Å²) in [7, 11) is 1.32. The van der Waals surface area contributed by atoms with Crippen LogP contribution in [0.1, 0.15) is 16.8 Å². The zero-order valence-corrected chi connectivity index (χ0v) is 12.2. The molecule has 0 radical (unpaired) electrons. The Kier molecular flexibility index (Phi) is 5.83. The number of carbonyl (C=O) groups is 1. The van der Waals surface area contributed by atoms with E-state index < -0.39 is 5.97 Å². The molecule has 1 N–H and O–H groups in total. The van der Waals surface area contributed by atoms with E-state index in [1.165, 1.54) is 25.3 Å². The number of methoxy groups -OCH3 is 1. The third-order valence-corrected chi connectivity index (χ3v) is 3.36. The molecule has 1 aliphatic heterocycles. The van der Waals surface area contributed by atoms with Gasteiger partial charge in [-0.05, 0) is 24.6 Å². The molecular formula is C15H21NO5. The molecule has 6 heteroatoms. The Morgan fingerprint density at radius 3 is 2.86 bits per heavy atom. The SMILES string of the molecule is COC(=O)c1ccc(O)c(OCCCN2CCOCC2)c1. The van der Waals surface area contributed by atoms with Crippen LogP contribution in [-0.4, -0.2) is 62.5 Å². The molecule has 1 heterocycles. The summed E-state index contributed by atoms with van der Waals surface area (Å²) in [5.41, 5.74) is 0.360. The number of nitrogens with zero attached hydrogens (tertiary/aromatic N) is 1. The van der Waals surface area contributed by atoms with Crippen molar-refractivity contribution in [3.63, 3.8) is 0 Å². The lowest BCUT2D eigenvalue weighted by molar-refractivity contribution is 0.0357. The van der Waals surface area contributed by atoms with Crippen molar-refractivity contribution in [1.82, 2.24) is 4.90 Å². The average Bonchev–Trinajstić information content (AvgIpc) is 2.53. The zero-order valence-electron chi connectivity index (χ0n) is 12.2. The molecule has 1 aromatic carbocycles. The zero-order chi connectivity index (χ0) is 15.1. The second-order valence-electron chi connectivity index (χ2n) is 4.83. The largest absolute Gasteiger partial charge is 0.504 e. The maximum Gasteiger partial charge on any atom is 0.337 e. The summed E-state index contributed by atoms with van der Waals surface area (Å²) in [6.07, 6.45) is 0.849. The van der Waals surface area contributed by atoms with E-state index in [0.717, 1.165) is 39.3 Å². The first kappa shape index (κ1) is 15.6. The Morgan fingerprint density at radius 2 is 2.14 bits per heavy atom. The molecule has 0 atom stereocenters. The van der Waals surface area contributed by atoms with Gasteiger partial charge in [0.25, 0.3) is 0 Å². The number of benzene rings is 1. The maximum atomic E-state index is 11.4. The quantitative estimate of drug-likeness (QED) is 0.630. The Hall–Kier alpha value is -1.79. The van der Waals surface area contributed by atoms with Gasteiger partial charge in [0.2, 0.25) is 0 Å². The lowest BCUT2D eigenvalue weighted by Gasteiger charge is -2.26. The summed E-state index contributed by atoms with van der Waals surface area (Å²) in [6, 6.07) is 4.43. The van der Waals surface area contributed by atoms with Crippen LogP contribution in [0.15, 0.2) is 18.2 Å². The van der Waals surface area contributed by atoms with Crippen LogP contribution in [-0.2, 0) is 9.47 Å². The number of rotatable bonds is 6. The predicted molar refractivity (Wildman–Crippen MR) is 76.8 cm³/mol. The highest BCUT2D eigenvalue weighted by Crippen LogP contribution is 2.27. The third kappa shape index (κ3) is 4.61. The highest BCUT2D eigenvalue weighted by molar-refractivity contribution is 5.90. The Balaban J connectivity index is 1.80. The standard InChI is InChI=1S/C15H21NO5/c1-19-15(18)12-3-4-13(17)14(11-12)21-8-2-5-16-6-9-20-10-7-16/h3-4,11,17H,2,5-10H2,1H3. The minimum Gasteiger partial charge on any atom is -0.504 e. The van der Waals surface area contributed by atoms with E-state index in [0.29, 0.717) is 17.9 Å². The fourth-order valence-corrected chi connectivity index (χ4v) is 2.17. The summed E-state index contributed by atoms with van der Waals surface area (Å²) in [6.45, 7) is 4.87. The van der Waals surface area contributed by atoms with E-state index in [9.17, 15) is 9.90 Å². The van der Waals surface area contributed by atoms with Crippen LogP contribution in [0.4, 0.5) is 0 Å². The first-order valence-corrected chi connectivity index (χ1v) is 7.05. The molecule has 0 aliphatic carbocycles. The monoisotopic (exact) mass is 295 g/mol. The molecule has 0 amide bonds. The summed E-state index contributed by atoms with van der Waals surface area (Å²) < 4.78 is 15.5. The number of esters is 1. The molecule has 0 saturated carbocycles. The Morgan fingerprint density at radius 1 is 1.38 bits per heavy atom. The van der Waals surface area contributed by atoms with Gasteiger partial charge in [0, 0.05) is 19.6 Å². The number of phenolic OH excluding ortho intramolecular Hbond substituents is 1. The van der Waals surface area contributed by atoms with Gasteiger partial charge in [-0.1, -0.05) is 0 Å². The lowest BCUT2D eigenvalue weighted by Crippen LogP contribution is -2.37. The highest BCUT2D eigenvalue weighted by Gasteiger charge is 2.12. The number of carbonyl (C=O) groups excluding carboxylic acids is 1. The van der Waals surface area contributed by atoms with Gasteiger partial charge in [-0.2, -0.15) is 0 Å². The van der Waals surface area contributed by atoms with Crippen molar-refractivity contribution >= 4 is 5.97 Å². The smallest absolute Gasteiger partial charge is 0.337 e. The number of ether oxygens (including phenoxy) is 3. The maximum absolute atomic E-state index is 11.4. The number of hydrogen-bond donors (Lipinski definition) is 1. The summed E-state index contributed by atoms with van der Waals surface area (Å²) >= 11 is 0. The van der Waals surface area contributed by atoms with Crippen LogP contribution in [0, 0.1) is 0 Å². The second-order valence-corrected chi connectivity index (χ2v) is 4.83. The molecule has 0 bridgehead atoms. The van der Waals surface area contributed by atoms with E-state index in [2.05, 4.69) is 9.64 Å². The summed E-state index contributed by atoms with van der Waals surface area (Å²) in [5, 5.41) is 9.73. The normalized spacial score (nSPS) is 15.7. The van der Waals surface area contributed by atoms with Gasteiger partial charge >= 0.3 is 5.97 Å². The first-order chi connectivity index (χ1) is 10.2. The van der Waals surface area contributed by atoms with E-state index >= 15 is 0 Å². The summed E-state index contributed by atoms with van der Waals surface area (Å²) in [4.78, 5) is 13.8. The van der Waals surface area contributed by atoms with Gasteiger partial charge < -0.3 is 19.3 Å². The number of hydrogen-bond acceptors (Lipinski definition) is 6. The van der Waals surface area contributed by atoms with Gasteiger partial charge in [-0.25, -0.2) is 4.79 Å². The second kappa shape index (κ2) is 7.85. The van der Waals surface area contributed by atoms with Crippen molar-refractivity contribution in [3.05, 3.63) is 23.8 Å². The number of morpholine rings is 1. The van der Waals surface area contributed by atoms with Crippen LogP contribution >= 0.6 is 0 Å². The van der Waals surface area contributed by atoms with Gasteiger partial charge in [-0.3, -0.25) is 4.90 Å². The molecule has 6 nitrogen and oxygen atoms in total. The van der Waals surface area contributed by atoms with Crippen LogP contribution in [0.25, 0.3) is 0 Å². The van der Waals surface area contributed by atoms with Crippen molar-refractivity contribution in [2.45, 2.75) is 6.42 Å². The Labute approximate surface area is 124 Å². The molecular weight excluding hydrogens is 274 g/mol. The summed E-state index contributed by atoms with van der Waals surface area (Å²) in [5.74, 6) is -0.123. The molecule has 1 aromatic rings. The van der Waals surface area contributed by atoms with Crippen LogP contribution in [0.3, 0.4) is 0 Å². The van der Waals surface area contributed by atoms with Crippen molar-refractivity contribution in [1.29, 1.82) is 0 Å². The molecule has 0 spiro atoms. The van der Waals surface area contributed by atoms with Gasteiger partial charge in [-0.15, -0.1) is 0 Å². The van der Waals surface area contributed by atoms with Gasteiger partial charge in [0.15, 0.2) is 11.5 Å². The molecule has 1 fully saturated rings. The van der Waals surface area contributed by atoms with Gasteiger partial charge in [0.05, 0.1) is 32.5 Å². The minimum absolute atomic E-state index is 0.0222. The molecule has 2 rings (SSSR count). The lowest BCUT2D eigenvalue weighted by atomic mass is 10.2. The first-order valence-electron chi connectivity index (χ1n) is 7.05. The number of aromatic hydroxyl groups is 1. The molecule has 116 valence electrons. The third-order valence-electron chi connectivity index (χ3n) is 3.36. The van der Waals surface area contributed by atoms with E-state index in [1.54, 1.807) is 0 Å². The highest BCUT2D eigenvalue weighted by atomic mass is 16.5. The van der Waals surface area contributed by atoms with E-state index in [4.69, 9.17) is 9.47 Å². The minimum atomic E-state index is -0.451. The fourth-order valence-electron chi connectivity index (χ4n) is 2.17. The molecule has 0 aromatic heterocycles. The van der Waals surface area contributed by atoms with Crippen LogP contribution < -0.4 is 4.74 Å². The van der Waals surface area contributed by atoms with Crippen LogP contribution in [0.5, 0.6) is 11.5 Å².